The predicted octanol–water partition coefficient (Wildman–Crippen LogP) is 5.93. The first-order chi connectivity index (χ1) is 14.7. The fourth-order valence-electron chi connectivity index (χ4n) is 4.65. The molecule has 0 spiro atoms. The second-order valence-electron chi connectivity index (χ2n) is 7.96. The number of benzene rings is 1. The van der Waals surface area contributed by atoms with Gasteiger partial charge < -0.3 is 19.5 Å². The van der Waals surface area contributed by atoms with E-state index in [0.29, 0.717) is 24.6 Å². The number of thiophene rings is 1. The van der Waals surface area contributed by atoms with Crippen LogP contribution in [0.2, 0.25) is 0 Å². The number of carbonyl (C=O) groups excluding carboxylic acids is 1. The summed E-state index contributed by atoms with van der Waals surface area (Å²) in [5.41, 5.74) is 4.66. The zero-order valence-electron chi connectivity index (χ0n) is 17.5. The Morgan fingerprint density at radius 2 is 2.00 bits per heavy atom. The minimum absolute atomic E-state index is 0.0295. The molecule has 3 aromatic rings. The van der Waals surface area contributed by atoms with Crippen molar-refractivity contribution in [2.24, 2.45) is 0 Å². The van der Waals surface area contributed by atoms with E-state index in [4.69, 9.17) is 4.74 Å². The molecule has 0 bridgehead atoms. The fraction of sp³-hybridized carbons (Fsp3) is 0.375. The molecule has 2 amide bonds. The molecule has 0 radical (unpaired) electrons. The van der Waals surface area contributed by atoms with Crippen LogP contribution in [0.15, 0.2) is 42.6 Å². The molecule has 5 nitrogen and oxygen atoms in total. The van der Waals surface area contributed by atoms with E-state index in [-0.39, 0.29) is 12.1 Å². The molecule has 156 valence electrons. The van der Waals surface area contributed by atoms with Crippen LogP contribution in [0.3, 0.4) is 0 Å². The maximum atomic E-state index is 13.5. The molecule has 0 unspecified atom stereocenters. The third-order valence-corrected chi connectivity index (χ3v) is 7.51. The van der Waals surface area contributed by atoms with Crippen LogP contribution in [0.25, 0.3) is 5.00 Å². The van der Waals surface area contributed by atoms with Gasteiger partial charge in [0.05, 0.1) is 24.9 Å². The third kappa shape index (κ3) is 3.19. The second kappa shape index (κ2) is 7.84. The summed E-state index contributed by atoms with van der Waals surface area (Å²) in [5.74, 6) is 0.702. The Kier molecular flexibility index (Phi) is 5.03. The molecule has 5 rings (SSSR count). The van der Waals surface area contributed by atoms with E-state index in [2.05, 4.69) is 35.1 Å². The summed E-state index contributed by atoms with van der Waals surface area (Å²) in [6, 6.07) is 11.7. The van der Waals surface area contributed by atoms with Crippen molar-refractivity contribution >= 4 is 23.1 Å². The van der Waals surface area contributed by atoms with Gasteiger partial charge in [-0.3, -0.25) is 0 Å². The van der Waals surface area contributed by atoms with E-state index in [9.17, 15) is 4.79 Å². The third-order valence-electron chi connectivity index (χ3n) is 6.17. The normalized spacial score (nSPS) is 17.5. The van der Waals surface area contributed by atoms with E-state index in [1.54, 1.807) is 0 Å². The zero-order valence-corrected chi connectivity index (χ0v) is 18.3. The number of ether oxygens (including phenoxy) is 1. The van der Waals surface area contributed by atoms with Crippen LogP contribution in [0.1, 0.15) is 54.4 Å². The Hall–Kier alpha value is -2.73. The first-order valence-electron chi connectivity index (χ1n) is 10.8. The number of amides is 2. The highest BCUT2D eigenvalue weighted by Crippen LogP contribution is 2.42. The molecular weight excluding hydrogens is 394 g/mol. The smallest absolute Gasteiger partial charge is 0.322 e. The van der Waals surface area contributed by atoms with Gasteiger partial charge in [0, 0.05) is 22.3 Å². The number of urea groups is 1. The number of hydrogen-bond acceptors (Lipinski definition) is 3. The van der Waals surface area contributed by atoms with E-state index in [1.165, 1.54) is 33.8 Å². The van der Waals surface area contributed by atoms with Crippen LogP contribution >= 0.6 is 11.3 Å². The van der Waals surface area contributed by atoms with Gasteiger partial charge in [0.2, 0.25) is 0 Å². The van der Waals surface area contributed by atoms with Gasteiger partial charge in [-0.05, 0) is 69.4 Å². The summed E-state index contributed by atoms with van der Waals surface area (Å²) in [5, 5.41) is 4.40. The number of aryl methyl sites for hydroxylation is 1. The number of rotatable bonds is 3. The van der Waals surface area contributed by atoms with Crippen LogP contribution in [0, 0.1) is 0 Å². The van der Waals surface area contributed by atoms with Crippen molar-refractivity contribution in [3.8, 4) is 10.8 Å². The zero-order chi connectivity index (χ0) is 20.7. The first-order valence-corrected chi connectivity index (χ1v) is 11.6. The summed E-state index contributed by atoms with van der Waals surface area (Å²) in [4.78, 5) is 16.9. The topological polar surface area (TPSA) is 46.5 Å². The SMILES string of the molecule is CCOc1ccccc1NC(=O)N1Cc2c(sc3c2CCCC3)-n2cccc2[C@H]1C. The molecule has 30 heavy (non-hydrogen) atoms. The molecule has 0 fully saturated rings. The molecule has 6 heteroatoms. The van der Waals surface area contributed by atoms with Crippen molar-refractivity contribution in [2.75, 3.05) is 11.9 Å². The number of nitrogens with zero attached hydrogens (tertiary/aromatic N) is 2. The average molecular weight is 422 g/mol. The summed E-state index contributed by atoms with van der Waals surface area (Å²) in [6.07, 6.45) is 6.91. The monoisotopic (exact) mass is 421 g/mol. The summed E-state index contributed by atoms with van der Waals surface area (Å²) in [6.45, 7) is 5.26. The highest BCUT2D eigenvalue weighted by Gasteiger charge is 2.33. The number of nitrogens with one attached hydrogen (secondary N) is 1. The van der Waals surface area contributed by atoms with Crippen molar-refractivity contribution in [1.82, 2.24) is 9.47 Å². The minimum Gasteiger partial charge on any atom is -0.492 e. The molecule has 1 aliphatic carbocycles. The Morgan fingerprint density at radius 1 is 1.17 bits per heavy atom. The lowest BCUT2D eigenvalue weighted by Crippen LogP contribution is -2.36. The van der Waals surface area contributed by atoms with Crippen molar-refractivity contribution in [3.63, 3.8) is 0 Å². The molecule has 3 heterocycles. The van der Waals surface area contributed by atoms with Crippen LogP contribution in [-0.4, -0.2) is 22.1 Å². The second-order valence-corrected chi connectivity index (χ2v) is 9.04. The van der Waals surface area contributed by atoms with Crippen LogP contribution in [0.5, 0.6) is 5.75 Å². The fourth-order valence-corrected chi connectivity index (χ4v) is 6.05. The van der Waals surface area contributed by atoms with Crippen molar-refractivity contribution in [3.05, 3.63) is 64.3 Å². The predicted molar refractivity (Wildman–Crippen MR) is 121 cm³/mol. The standard InChI is InChI=1S/C24H27N3O2S/c1-3-29-21-12-6-5-10-19(21)25-24(28)27-15-18-17-9-4-7-13-22(17)30-23(18)26-14-8-11-20(26)16(27)2/h5-6,8,10-12,14,16H,3-4,7,9,13,15H2,1-2H3,(H,25,28)/t16-/m1/s1. The van der Waals surface area contributed by atoms with Crippen LogP contribution in [-0.2, 0) is 19.4 Å². The summed E-state index contributed by atoms with van der Waals surface area (Å²) < 4.78 is 8.00. The molecule has 2 aromatic heterocycles. The number of hydrogen-bond donors (Lipinski definition) is 1. The van der Waals surface area contributed by atoms with Crippen LogP contribution < -0.4 is 10.1 Å². The van der Waals surface area contributed by atoms with E-state index in [0.717, 1.165) is 18.5 Å². The largest absolute Gasteiger partial charge is 0.492 e. The Morgan fingerprint density at radius 3 is 2.87 bits per heavy atom. The van der Waals surface area contributed by atoms with Gasteiger partial charge in [-0.15, -0.1) is 11.3 Å². The Balaban J connectivity index is 1.52. The van der Waals surface area contributed by atoms with Gasteiger partial charge in [0.15, 0.2) is 0 Å². The van der Waals surface area contributed by atoms with Gasteiger partial charge in [-0.1, -0.05) is 12.1 Å². The summed E-state index contributed by atoms with van der Waals surface area (Å²) in [7, 11) is 0. The molecule has 1 aromatic carbocycles. The molecular formula is C24H27N3O2S. The maximum absolute atomic E-state index is 13.5. The van der Waals surface area contributed by atoms with Crippen LogP contribution in [0.4, 0.5) is 10.5 Å². The summed E-state index contributed by atoms with van der Waals surface area (Å²) >= 11 is 1.91. The quantitative estimate of drug-likeness (QED) is 0.570. The van der Waals surface area contributed by atoms with E-state index in [1.807, 2.05) is 47.4 Å². The number of aromatic nitrogens is 1. The number of para-hydroxylation sites is 2. The number of anilines is 1. The van der Waals surface area contributed by atoms with Gasteiger partial charge >= 0.3 is 6.03 Å². The van der Waals surface area contributed by atoms with Gasteiger partial charge in [0.1, 0.15) is 10.8 Å². The maximum Gasteiger partial charge on any atom is 0.322 e. The lowest BCUT2D eigenvalue weighted by atomic mass is 9.95. The van der Waals surface area contributed by atoms with Gasteiger partial charge in [0.25, 0.3) is 0 Å². The van der Waals surface area contributed by atoms with E-state index < -0.39 is 0 Å². The Labute approximate surface area is 181 Å². The lowest BCUT2D eigenvalue weighted by molar-refractivity contribution is 0.189. The highest BCUT2D eigenvalue weighted by molar-refractivity contribution is 7.15. The number of carbonyl (C=O) groups is 1. The Bertz CT molecular complexity index is 1080. The van der Waals surface area contributed by atoms with Gasteiger partial charge in [-0.25, -0.2) is 4.79 Å². The first kappa shape index (κ1) is 19.2. The molecule has 1 atom stereocenters. The molecule has 1 N–H and O–H groups in total. The van der Waals surface area contributed by atoms with E-state index >= 15 is 0 Å². The minimum atomic E-state index is -0.0917. The van der Waals surface area contributed by atoms with Crippen molar-refractivity contribution < 1.29 is 9.53 Å². The number of fused-ring (bicyclic) bond motifs is 5. The van der Waals surface area contributed by atoms with Crippen molar-refractivity contribution in [1.29, 1.82) is 0 Å². The molecule has 0 saturated heterocycles. The molecule has 0 saturated carbocycles. The van der Waals surface area contributed by atoms with Gasteiger partial charge in [-0.2, -0.15) is 0 Å². The average Bonchev–Trinajstić information content (AvgIpc) is 3.35. The van der Waals surface area contributed by atoms with Crippen molar-refractivity contribution in [2.45, 2.75) is 52.1 Å². The molecule has 2 aliphatic rings. The molecule has 1 aliphatic heterocycles. The lowest BCUT2D eigenvalue weighted by Gasteiger charge is -2.28. The highest BCUT2D eigenvalue weighted by atomic mass is 32.1.